The molecule has 8 heteroatoms. The van der Waals surface area contributed by atoms with Gasteiger partial charge in [0, 0.05) is 0 Å². The SMILES string of the molecule is COc1ccc(/C=C/C2CN(S(=O)(=O)c3ccc(OC)cc3)C(=S)O2)cc1. The number of sulfonamides is 1. The van der Waals surface area contributed by atoms with E-state index in [1.807, 2.05) is 30.3 Å². The molecular weight excluding hydrogens is 386 g/mol. The minimum absolute atomic E-state index is 0.0600. The summed E-state index contributed by atoms with van der Waals surface area (Å²) in [6, 6.07) is 13.6. The number of benzene rings is 2. The van der Waals surface area contributed by atoms with E-state index in [0.717, 1.165) is 15.6 Å². The highest BCUT2D eigenvalue weighted by molar-refractivity contribution is 7.91. The molecule has 1 saturated heterocycles. The Kier molecular flexibility index (Phi) is 5.67. The molecule has 6 nitrogen and oxygen atoms in total. The summed E-state index contributed by atoms with van der Waals surface area (Å²) in [7, 11) is -0.649. The molecule has 1 atom stereocenters. The lowest BCUT2D eigenvalue weighted by molar-refractivity contribution is 0.287. The summed E-state index contributed by atoms with van der Waals surface area (Å²) in [6.45, 7) is 0.125. The van der Waals surface area contributed by atoms with Crippen molar-refractivity contribution in [2.24, 2.45) is 0 Å². The van der Waals surface area contributed by atoms with Gasteiger partial charge in [-0.3, -0.25) is 0 Å². The van der Waals surface area contributed by atoms with Gasteiger partial charge in [0.05, 0.1) is 25.7 Å². The second-order valence-electron chi connectivity index (χ2n) is 5.77. The molecule has 2 aromatic rings. The average molecular weight is 405 g/mol. The fourth-order valence-corrected chi connectivity index (χ4v) is 4.38. The maximum Gasteiger partial charge on any atom is 0.274 e. The van der Waals surface area contributed by atoms with Gasteiger partial charge in [0.25, 0.3) is 15.2 Å². The molecule has 142 valence electrons. The van der Waals surface area contributed by atoms with Crippen molar-refractivity contribution in [2.75, 3.05) is 20.8 Å². The van der Waals surface area contributed by atoms with Crippen LogP contribution in [0.4, 0.5) is 0 Å². The van der Waals surface area contributed by atoms with Gasteiger partial charge in [0.1, 0.15) is 17.6 Å². The van der Waals surface area contributed by atoms with Crippen LogP contribution in [0.25, 0.3) is 6.08 Å². The van der Waals surface area contributed by atoms with E-state index in [9.17, 15) is 8.42 Å². The van der Waals surface area contributed by atoms with Crippen molar-refractivity contribution >= 4 is 33.5 Å². The Morgan fingerprint density at radius 3 is 2.15 bits per heavy atom. The summed E-state index contributed by atoms with van der Waals surface area (Å²) in [5, 5.41) is -0.0600. The molecule has 3 rings (SSSR count). The molecule has 0 saturated carbocycles. The Bertz CT molecular complexity index is 937. The summed E-state index contributed by atoms with van der Waals surface area (Å²) >= 11 is 5.13. The molecule has 1 unspecified atom stereocenters. The van der Waals surface area contributed by atoms with Crippen molar-refractivity contribution in [1.29, 1.82) is 0 Å². The minimum atomic E-state index is -3.78. The standard InChI is InChI=1S/C19H19NO5S2/c1-23-15-6-3-14(4-7-15)5-8-17-13-20(19(26)25-17)27(21,22)18-11-9-16(24-2)10-12-18/h3-12,17H,13H2,1-2H3/b8-5+. The van der Waals surface area contributed by atoms with Crippen molar-refractivity contribution in [3.8, 4) is 11.5 Å². The number of rotatable bonds is 6. The summed E-state index contributed by atoms with van der Waals surface area (Å²) in [6.07, 6.45) is 3.20. The fraction of sp³-hybridized carbons (Fsp3) is 0.211. The zero-order valence-corrected chi connectivity index (χ0v) is 16.5. The maximum atomic E-state index is 12.8. The fourth-order valence-electron chi connectivity index (χ4n) is 2.57. The van der Waals surface area contributed by atoms with Crippen molar-refractivity contribution < 1.29 is 22.6 Å². The van der Waals surface area contributed by atoms with Crippen LogP contribution in [0.3, 0.4) is 0 Å². The van der Waals surface area contributed by atoms with Gasteiger partial charge in [-0.2, -0.15) is 0 Å². The molecule has 0 aromatic heterocycles. The minimum Gasteiger partial charge on any atom is -0.497 e. The summed E-state index contributed by atoms with van der Waals surface area (Å²) in [4.78, 5) is 0.133. The van der Waals surface area contributed by atoms with Crippen LogP contribution >= 0.6 is 12.2 Å². The van der Waals surface area contributed by atoms with Gasteiger partial charge >= 0.3 is 0 Å². The van der Waals surface area contributed by atoms with Crippen LogP contribution in [0.5, 0.6) is 11.5 Å². The van der Waals surface area contributed by atoms with Crippen LogP contribution in [-0.4, -0.2) is 44.8 Å². The Balaban J connectivity index is 1.72. The molecule has 27 heavy (non-hydrogen) atoms. The number of methoxy groups -OCH3 is 2. The van der Waals surface area contributed by atoms with Crippen molar-refractivity contribution in [1.82, 2.24) is 4.31 Å². The third-order valence-electron chi connectivity index (χ3n) is 4.07. The largest absolute Gasteiger partial charge is 0.497 e. The van der Waals surface area contributed by atoms with Crippen molar-refractivity contribution in [3.05, 3.63) is 60.2 Å². The predicted octanol–water partition coefficient (Wildman–Crippen LogP) is 3.09. The third-order valence-corrected chi connectivity index (χ3v) is 6.26. The molecule has 2 aromatic carbocycles. The topological polar surface area (TPSA) is 65.1 Å². The van der Waals surface area contributed by atoms with E-state index in [1.54, 1.807) is 25.3 Å². The van der Waals surface area contributed by atoms with Gasteiger partial charge in [0.15, 0.2) is 0 Å². The summed E-state index contributed by atoms with van der Waals surface area (Å²) in [5.74, 6) is 1.34. The Morgan fingerprint density at radius 1 is 1.04 bits per heavy atom. The first-order valence-corrected chi connectivity index (χ1v) is 9.98. The summed E-state index contributed by atoms with van der Waals surface area (Å²) < 4.78 is 42.4. The molecular formula is C19H19NO5S2. The van der Waals surface area contributed by atoms with Crippen molar-refractivity contribution in [3.63, 3.8) is 0 Å². The van der Waals surface area contributed by atoms with E-state index in [0.29, 0.717) is 5.75 Å². The molecule has 0 amide bonds. The number of nitrogens with zero attached hydrogens (tertiary/aromatic N) is 1. The molecule has 1 aliphatic heterocycles. The first kappa shape index (κ1) is 19.2. The lowest BCUT2D eigenvalue weighted by atomic mass is 10.2. The number of hydrogen-bond acceptors (Lipinski definition) is 6. The first-order chi connectivity index (χ1) is 12.9. The Hall–Kier alpha value is -2.58. The molecule has 0 radical (unpaired) electrons. The molecule has 0 N–H and O–H groups in total. The zero-order chi connectivity index (χ0) is 19.4. The highest BCUT2D eigenvalue weighted by Crippen LogP contribution is 2.25. The van der Waals surface area contributed by atoms with Crippen LogP contribution < -0.4 is 9.47 Å². The van der Waals surface area contributed by atoms with Gasteiger partial charge in [-0.25, -0.2) is 12.7 Å². The van der Waals surface area contributed by atoms with Crippen LogP contribution in [-0.2, 0) is 14.8 Å². The first-order valence-electron chi connectivity index (χ1n) is 8.13. The van der Waals surface area contributed by atoms with E-state index in [1.165, 1.54) is 19.2 Å². The molecule has 1 fully saturated rings. The normalized spacial score (nSPS) is 17.2. The van der Waals surface area contributed by atoms with Crippen LogP contribution in [0.2, 0.25) is 0 Å². The highest BCUT2D eigenvalue weighted by atomic mass is 32.2. The third kappa shape index (κ3) is 4.23. The monoisotopic (exact) mass is 405 g/mol. The lowest BCUT2D eigenvalue weighted by Gasteiger charge is -2.15. The molecule has 0 aliphatic carbocycles. The van der Waals surface area contributed by atoms with Gasteiger partial charge in [-0.15, -0.1) is 0 Å². The number of ether oxygens (including phenoxy) is 3. The second-order valence-corrected chi connectivity index (χ2v) is 7.98. The van der Waals surface area contributed by atoms with Crippen molar-refractivity contribution in [2.45, 2.75) is 11.0 Å². The average Bonchev–Trinajstić information content (AvgIpc) is 3.08. The van der Waals surface area contributed by atoms with Gasteiger partial charge < -0.3 is 14.2 Å². The van der Waals surface area contributed by atoms with Crippen LogP contribution in [0.15, 0.2) is 59.5 Å². The van der Waals surface area contributed by atoms with Gasteiger partial charge in [-0.05, 0) is 60.3 Å². The van der Waals surface area contributed by atoms with E-state index >= 15 is 0 Å². The zero-order valence-electron chi connectivity index (χ0n) is 14.9. The van der Waals surface area contributed by atoms with E-state index in [2.05, 4.69) is 0 Å². The molecule has 0 spiro atoms. The lowest BCUT2D eigenvalue weighted by Crippen LogP contribution is -2.32. The molecule has 0 bridgehead atoms. The summed E-state index contributed by atoms with van der Waals surface area (Å²) in [5.41, 5.74) is 0.946. The van der Waals surface area contributed by atoms with Crippen LogP contribution in [0, 0.1) is 0 Å². The Labute approximate surface area is 164 Å². The molecule has 1 heterocycles. The highest BCUT2D eigenvalue weighted by Gasteiger charge is 2.36. The predicted molar refractivity (Wildman–Crippen MR) is 106 cm³/mol. The van der Waals surface area contributed by atoms with Gasteiger partial charge in [0.2, 0.25) is 0 Å². The molecule has 1 aliphatic rings. The van der Waals surface area contributed by atoms with E-state index in [4.69, 9.17) is 26.4 Å². The smallest absolute Gasteiger partial charge is 0.274 e. The van der Waals surface area contributed by atoms with Gasteiger partial charge in [-0.1, -0.05) is 18.2 Å². The van der Waals surface area contributed by atoms with Crippen LogP contribution in [0.1, 0.15) is 5.56 Å². The maximum absolute atomic E-state index is 12.8. The Morgan fingerprint density at radius 2 is 1.59 bits per heavy atom. The van der Waals surface area contributed by atoms with E-state index in [-0.39, 0.29) is 16.6 Å². The van der Waals surface area contributed by atoms with E-state index < -0.39 is 16.1 Å². The quantitative estimate of drug-likeness (QED) is 0.688. The number of hydrogen-bond donors (Lipinski definition) is 0. The second kappa shape index (κ2) is 7.98. The number of thiocarbonyl (C=S) groups is 1.